The summed E-state index contributed by atoms with van der Waals surface area (Å²) < 4.78 is 14.0. The monoisotopic (exact) mass is 248 g/mol. The Hall–Kier alpha value is -1.09. The molecular formula is C15H21FN2. The Morgan fingerprint density at radius 3 is 2.83 bits per heavy atom. The van der Waals surface area contributed by atoms with Gasteiger partial charge in [0, 0.05) is 36.9 Å². The van der Waals surface area contributed by atoms with E-state index in [9.17, 15) is 4.39 Å². The van der Waals surface area contributed by atoms with E-state index in [0.29, 0.717) is 12.6 Å². The first kappa shape index (κ1) is 12.0. The maximum atomic E-state index is 14.0. The summed E-state index contributed by atoms with van der Waals surface area (Å²) in [5.41, 5.74) is 1.94. The lowest BCUT2D eigenvalue weighted by Crippen LogP contribution is -2.24. The molecule has 1 unspecified atom stereocenters. The van der Waals surface area contributed by atoms with Gasteiger partial charge in [0.1, 0.15) is 5.82 Å². The Bertz CT molecular complexity index is 429. The van der Waals surface area contributed by atoms with Crippen LogP contribution in [-0.2, 0) is 6.54 Å². The Morgan fingerprint density at radius 2 is 2.17 bits per heavy atom. The fourth-order valence-electron chi connectivity index (χ4n) is 2.71. The lowest BCUT2D eigenvalue weighted by molar-refractivity contribution is 0.585. The number of halogens is 1. The molecule has 0 radical (unpaired) electrons. The number of nitrogens with one attached hydrogen (secondary N) is 1. The number of benzene rings is 1. The van der Waals surface area contributed by atoms with Crippen molar-refractivity contribution in [2.24, 2.45) is 5.92 Å². The molecule has 0 amide bonds. The molecule has 1 aromatic carbocycles. The molecule has 1 atom stereocenters. The Balaban J connectivity index is 1.80. The van der Waals surface area contributed by atoms with Crippen molar-refractivity contribution in [2.75, 3.05) is 18.0 Å². The van der Waals surface area contributed by atoms with Crippen LogP contribution in [0.5, 0.6) is 0 Å². The fourth-order valence-corrected chi connectivity index (χ4v) is 2.71. The fraction of sp³-hybridized carbons (Fsp3) is 0.600. The highest BCUT2D eigenvalue weighted by atomic mass is 19.1. The van der Waals surface area contributed by atoms with Crippen LogP contribution in [0.2, 0.25) is 0 Å². The molecule has 3 heteroatoms. The van der Waals surface area contributed by atoms with Crippen molar-refractivity contribution < 1.29 is 4.39 Å². The van der Waals surface area contributed by atoms with Crippen LogP contribution in [0.4, 0.5) is 10.1 Å². The van der Waals surface area contributed by atoms with E-state index in [0.717, 1.165) is 30.3 Å². The van der Waals surface area contributed by atoms with Crippen LogP contribution in [0.25, 0.3) is 0 Å². The van der Waals surface area contributed by atoms with Gasteiger partial charge in [-0.2, -0.15) is 0 Å². The van der Waals surface area contributed by atoms with Gasteiger partial charge in [-0.05, 0) is 37.3 Å². The maximum absolute atomic E-state index is 14.0. The lowest BCUT2D eigenvalue weighted by Gasteiger charge is -2.22. The van der Waals surface area contributed by atoms with Gasteiger partial charge in [-0.15, -0.1) is 0 Å². The topological polar surface area (TPSA) is 15.3 Å². The molecule has 2 fully saturated rings. The van der Waals surface area contributed by atoms with Crippen LogP contribution in [0, 0.1) is 11.7 Å². The first-order chi connectivity index (χ1) is 8.74. The Morgan fingerprint density at radius 1 is 1.33 bits per heavy atom. The van der Waals surface area contributed by atoms with Crippen molar-refractivity contribution in [3.05, 3.63) is 29.6 Å². The molecule has 2 nitrogen and oxygen atoms in total. The van der Waals surface area contributed by atoms with Crippen molar-refractivity contribution >= 4 is 5.69 Å². The molecule has 0 aromatic heterocycles. The summed E-state index contributed by atoms with van der Waals surface area (Å²) in [5.74, 6) is 0.651. The molecule has 0 bridgehead atoms. The van der Waals surface area contributed by atoms with E-state index in [1.807, 2.05) is 6.07 Å². The summed E-state index contributed by atoms with van der Waals surface area (Å²) in [6.45, 7) is 5.04. The third-order valence-corrected chi connectivity index (χ3v) is 4.00. The molecule has 1 aromatic rings. The van der Waals surface area contributed by atoms with Gasteiger partial charge in [0.2, 0.25) is 0 Å². The number of rotatable bonds is 4. The Labute approximate surface area is 108 Å². The van der Waals surface area contributed by atoms with Crippen molar-refractivity contribution in [2.45, 2.75) is 38.8 Å². The number of hydrogen-bond acceptors (Lipinski definition) is 2. The van der Waals surface area contributed by atoms with Crippen LogP contribution in [0.3, 0.4) is 0 Å². The van der Waals surface area contributed by atoms with E-state index in [1.165, 1.54) is 19.3 Å². The summed E-state index contributed by atoms with van der Waals surface area (Å²) in [5, 5.41) is 3.42. The number of nitrogens with zero attached hydrogens (tertiary/aromatic N) is 1. The highest BCUT2D eigenvalue weighted by molar-refractivity contribution is 5.55. The van der Waals surface area contributed by atoms with Crippen molar-refractivity contribution in [3.8, 4) is 0 Å². The van der Waals surface area contributed by atoms with Gasteiger partial charge in [-0.25, -0.2) is 4.39 Å². The second kappa shape index (κ2) is 4.88. The quantitative estimate of drug-likeness (QED) is 0.881. The summed E-state index contributed by atoms with van der Waals surface area (Å²) in [6.07, 6.45) is 3.70. The minimum absolute atomic E-state index is 0.0693. The zero-order valence-corrected chi connectivity index (χ0v) is 11.0. The molecule has 1 aliphatic heterocycles. The summed E-state index contributed by atoms with van der Waals surface area (Å²) in [7, 11) is 0. The van der Waals surface area contributed by atoms with Crippen molar-refractivity contribution in [1.29, 1.82) is 0 Å². The van der Waals surface area contributed by atoms with Crippen molar-refractivity contribution in [1.82, 2.24) is 5.32 Å². The number of anilines is 1. The molecular weight excluding hydrogens is 227 g/mol. The van der Waals surface area contributed by atoms with Gasteiger partial charge in [0.15, 0.2) is 0 Å². The predicted octanol–water partition coefficient (Wildman–Crippen LogP) is 2.92. The van der Waals surface area contributed by atoms with E-state index in [2.05, 4.69) is 23.2 Å². The zero-order valence-electron chi connectivity index (χ0n) is 11.0. The van der Waals surface area contributed by atoms with Gasteiger partial charge >= 0.3 is 0 Å². The first-order valence-electron chi connectivity index (χ1n) is 7.00. The average Bonchev–Trinajstić information content (AvgIpc) is 3.08. The van der Waals surface area contributed by atoms with Crippen LogP contribution < -0.4 is 10.2 Å². The van der Waals surface area contributed by atoms with Gasteiger partial charge in [0.05, 0.1) is 0 Å². The molecule has 2 aliphatic rings. The summed E-state index contributed by atoms with van der Waals surface area (Å²) >= 11 is 0. The molecule has 3 rings (SSSR count). The zero-order chi connectivity index (χ0) is 12.5. The minimum Gasteiger partial charge on any atom is -0.371 e. The molecule has 1 saturated heterocycles. The van der Waals surface area contributed by atoms with Gasteiger partial charge in [-0.1, -0.05) is 13.0 Å². The predicted molar refractivity (Wildman–Crippen MR) is 72.3 cm³/mol. The molecule has 1 heterocycles. The second-order valence-electron chi connectivity index (χ2n) is 5.73. The van der Waals surface area contributed by atoms with Crippen molar-refractivity contribution in [3.63, 3.8) is 0 Å². The van der Waals surface area contributed by atoms with Gasteiger partial charge in [-0.3, -0.25) is 0 Å². The molecule has 1 aliphatic carbocycles. The lowest BCUT2D eigenvalue weighted by atomic mass is 10.1. The van der Waals surface area contributed by atoms with E-state index in [-0.39, 0.29) is 5.82 Å². The Kier molecular flexibility index (Phi) is 3.25. The largest absolute Gasteiger partial charge is 0.371 e. The maximum Gasteiger partial charge on any atom is 0.129 e. The van der Waals surface area contributed by atoms with E-state index in [1.54, 1.807) is 6.07 Å². The highest BCUT2D eigenvalue weighted by Crippen LogP contribution is 2.29. The van der Waals surface area contributed by atoms with E-state index >= 15 is 0 Å². The van der Waals surface area contributed by atoms with Gasteiger partial charge < -0.3 is 10.2 Å². The molecule has 98 valence electrons. The van der Waals surface area contributed by atoms with Gasteiger partial charge in [0.25, 0.3) is 0 Å². The van der Waals surface area contributed by atoms with E-state index in [4.69, 9.17) is 0 Å². The molecule has 0 spiro atoms. The smallest absolute Gasteiger partial charge is 0.129 e. The summed E-state index contributed by atoms with van der Waals surface area (Å²) in [6, 6.07) is 6.08. The molecule has 1 N–H and O–H groups in total. The normalized spacial score (nSPS) is 23.7. The average molecular weight is 248 g/mol. The minimum atomic E-state index is -0.0693. The number of hydrogen-bond donors (Lipinski definition) is 1. The standard InChI is InChI=1S/C15H21FN2/c1-11-7-8-18(10-11)15-4-2-3-14(16)13(15)9-17-12-5-6-12/h2-4,11-12,17H,5-10H2,1H3. The second-order valence-corrected chi connectivity index (χ2v) is 5.73. The van der Waals surface area contributed by atoms with Crippen LogP contribution >= 0.6 is 0 Å². The SMILES string of the molecule is CC1CCN(c2cccc(F)c2CNC2CC2)C1. The van der Waals surface area contributed by atoms with Crippen LogP contribution in [0.15, 0.2) is 18.2 Å². The van der Waals surface area contributed by atoms with Crippen LogP contribution in [0.1, 0.15) is 31.7 Å². The van der Waals surface area contributed by atoms with E-state index < -0.39 is 0 Å². The molecule has 1 saturated carbocycles. The summed E-state index contributed by atoms with van der Waals surface area (Å²) in [4.78, 5) is 2.33. The third kappa shape index (κ3) is 2.51. The molecule has 18 heavy (non-hydrogen) atoms. The highest BCUT2D eigenvalue weighted by Gasteiger charge is 2.24. The third-order valence-electron chi connectivity index (χ3n) is 4.00. The first-order valence-corrected chi connectivity index (χ1v) is 7.00. The van der Waals surface area contributed by atoms with Crippen LogP contribution in [-0.4, -0.2) is 19.1 Å².